The molecule has 0 aliphatic carbocycles. The predicted molar refractivity (Wildman–Crippen MR) is 80.5 cm³/mol. The third-order valence-corrected chi connectivity index (χ3v) is 3.70. The number of aryl methyl sites for hydroxylation is 1. The minimum absolute atomic E-state index is 0.0787. The molecule has 0 fully saturated rings. The van der Waals surface area contributed by atoms with Crippen LogP contribution in [-0.2, 0) is 0 Å². The van der Waals surface area contributed by atoms with E-state index in [0.717, 1.165) is 14.8 Å². The summed E-state index contributed by atoms with van der Waals surface area (Å²) in [5, 5.41) is 0. The van der Waals surface area contributed by atoms with Gasteiger partial charge in [-0.2, -0.15) is 0 Å². The van der Waals surface area contributed by atoms with Gasteiger partial charge in [-0.1, -0.05) is 6.08 Å². The van der Waals surface area contributed by atoms with Gasteiger partial charge in [0, 0.05) is 11.6 Å². The highest BCUT2D eigenvalue weighted by molar-refractivity contribution is 14.1. The summed E-state index contributed by atoms with van der Waals surface area (Å²) in [4.78, 5) is 13.8. The normalized spacial score (nSPS) is 17.1. The van der Waals surface area contributed by atoms with Crippen LogP contribution >= 0.6 is 22.6 Å². The standard InChI is InChI=1S/C14H16INO2/c1-5-12-10-6-9(4)7-11(15)13(10)18-14(17)16(12)8(2)3/h5-8H,1-4H3/b12-5-. The summed E-state index contributed by atoms with van der Waals surface area (Å²) in [6.45, 7) is 7.96. The van der Waals surface area contributed by atoms with Crippen LogP contribution in [0.15, 0.2) is 18.2 Å². The van der Waals surface area contributed by atoms with Gasteiger partial charge in [0.05, 0.1) is 9.27 Å². The first-order valence-corrected chi connectivity index (χ1v) is 7.01. The summed E-state index contributed by atoms with van der Waals surface area (Å²) in [5.74, 6) is 0.677. The van der Waals surface area contributed by atoms with E-state index in [1.807, 2.05) is 39.8 Å². The van der Waals surface area contributed by atoms with E-state index in [2.05, 4.69) is 28.7 Å². The van der Waals surface area contributed by atoms with Gasteiger partial charge in [-0.25, -0.2) is 4.79 Å². The van der Waals surface area contributed by atoms with Crippen LogP contribution in [0.25, 0.3) is 5.70 Å². The Morgan fingerprint density at radius 3 is 2.61 bits per heavy atom. The van der Waals surface area contributed by atoms with Crippen molar-refractivity contribution in [3.63, 3.8) is 0 Å². The van der Waals surface area contributed by atoms with Crippen LogP contribution in [-0.4, -0.2) is 17.0 Å². The third kappa shape index (κ3) is 2.13. The number of amides is 1. The highest BCUT2D eigenvalue weighted by Gasteiger charge is 2.32. The van der Waals surface area contributed by atoms with Crippen molar-refractivity contribution < 1.29 is 9.53 Å². The molecule has 1 aromatic carbocycles. The zero-order chi connectivity index (χ0) is 13.4. The average molecular weight is 357 g/mol. The van der Waals surface area contributed by atoms with Crippen molar-refractivity contribution in [2.45, 2.75) is 33.7 Å². The molecule has 0 unspecified atom stereocenters. The SMILES string of the molecule is C/C=C1/c2cc(C)cc(I)c2OC(=O)N1C(C)C. The molecule has 96 valence electrons. The minimum Gasteiger partial charge on any atom is -0.408 e. The number of rotatable bonds is 1. The molecule has 0 saturated carbocycles. The smallest absolute Gasteiger partial charge is 0.408 e. The molecule has 4 heteroatoms. The highest BCUT2D eigenvalue weighted by atomic mass is 127. The van der Waals surface area contributed by atoms with E-state index < -0.39 is 0 Å². The summed E-state index contributed by atoms with van der Waals surface area (Å²) >= 11 is 2.21. The Morgan fingerprint density at radius 2 is 2.06 bits per heavy atom. The molecule has 0 radical (unpaired) electrons. The van der Waals surface area contributed by atoms with Crippen molar-refractivity contribution in [1.29, 1.82) is 0 Å². The molecule has 2 rings (SSSR count). The fourth-order valence-corrected chi connectivity index (χ4v) is 3.06. The van der Waals surface area contributed by atoms with Crippen LogP contribution in [0.2, 0.25) is 0 Å². The molecular weight excluding hydrogens is 341 g/mol. The maximum atomic E-state index is 12.1. The number of nitrogens with zero attached hydrogens (tertiary/aromatic N) is 1. The van der Waals surface area contributed by atoms with Crippen molar-refractivity contribution in [2.24, 2.45) is 0 Å². The second-order valence-electron chi connectivity index (χ2n) is 4.63. The zero-order valence-corrected chi connectivity index (χ0v) is 13.1. The number of hydrogen-bond donors (Lipinski definition) is 0. The van der Waals surface area contributed by atoms with Gasteiger partial charge < -0.3 is 4.74 Å². The second-order valence-corrected chi connectivity index (χ2v) is 5.79. The zero-order valence-electron chi connectivity index (χ0n) is 11.0. The monoisotopic (exact) mass is 357 g/mol. The van der Waals surface area contributed by atoms with E-state index in [1.54, 1.807) is 4.90 Å². The summed E-state index contributed by atoms with van der Waals surface area (Å²) < 4.78 is 6.43. The Labute approximate surface area is 121 Å². The number of hydrogen-bond acceptors (Lipinski definition) is 2. The van der Waals surface area contributed by atoms with Gasteiger partial charge in [0.25, 0.3) is 0 Å². The molecule has 1 heterocycles. The molecule has 0 saturated heterocycles. The van der Waals surface area contributed by atoms with Crippen molar-refractivity contribution in [3.05, 3.63) is 32.9 Å². The lowest BCUT2D eigenvalue weighted by Crippen LogP contribution is -2.40. The lowest BCUT2D eigenvalue weighted by Gasteiger charge is -2.34. The average Bonchev–Trinajstić information content (AvgIpc) is 2.28. The van der Waals surface area contributed by atoms with Gasteiger partial charge in [0.15, 0.2) is 5.75 Å². The van der Waals surface area contributed by atoms with E-state index in [1.165, 1.54) is 5.56 Å². The van der Waals surface area contributed by atoms with E-state index in [4.69, 9.17) is 4.74 Å². The van der Waals surface area contributed by atoms with Crippen molar-refractivity contribution in [2.75, 3.05) is 0 Å². The molecule has 0 bridgehead atoms. The number of carbonyl (C=O) groups excluding carboxylic acids is 1. The van der Waals surface area contributed by atoms with Crippen LogP contribution in [0.3, 0.4) is 0 Å². The van der Waals surface area contributed by atoms with Gasteiger partial charge >= 0.3 is 6.09 Å². The Bertz CT molecular complexity index is 535. The van der Waals surface area contributed by atoms with Gasteiger partial charge in [-0.05, 0) is 68.0 Å². The number of benzene rings is 1. The van der Waals surface area contributed by atoms with Gasteiger partial charge in [-0.15, -0.1) is 0 Å². The van der Waals surface area contributed by atoms with Crippen molar-refractivity contribution in [1.82, 2.24) is 4.90 Å². The largest absolute Gasteiger partial charge is 0.420 e. The second kappa shape index (κ2) is 4.91. The fraction of sp³-hybridized carbons (Fsp3) is 0.357. The Hall–Kier alpha value is -1.04. The summed E-state index contributed by atoms with van der Waals surface area (Å²) in [7, 11) is 0. The highest BCUT2D eigenvalue weighted by Crippen LogP contribution is 2.39. The van der Waals surface area contributed by atoms with E-state index >= 15 is 0 Å². The number of ether oxygens (including phenoxy) is 1. The van der Waals surface area contributed by atoms with Crippen molar-refractivity contribution >= 4 is 34.4 Å². The molecule has 0 N–H and O–H groups in total. The molecule has 1 aliphatic heterocycles. The van der Waals surface area contributed by atoms with Crippen LogP contribution in [0.1, 0.15) is 31.9 Å². The lowest BCUT2D eigenvalue weighted by atomic mass is 10.0. The Morgan fingerprint density at radius 1 is 1.39 bits per heavy atom. The first-order chi connectivity index (χ1) is 8.45. The summed E-state index contributed by atoms with van der Waals surface area (Å²) in [6, 6.07) is 4.16. The maximum Gasteiger partial charge on any atom is 0.420 e. The molecule has 18 heavy (non-hydrogen) atoms. The van der Waals surface area contributed by atoms with Crippen molar-refractivity contribution in [3.8, 4) is 5.75 Å². The van der Waals surface area contributed by atoms with E-state index in [0.29, 0.717) is 5.75 Å². The predicted octanol–water partition coefficient (Wildman–Crippen LogP) is 4.18. The Kier molecular flexibility index (Phi) is 3.66. The van der Waals surface area contributed by atoms with Crippen LogP contribution < -0.4 is 4.74 Å². The molecule has 1 amide bonds. The summed E-state index contributed by atoms with van der Waals surface area (Å²) in [5.41, 5.74) is 3.09. The number of allylic oxidation sites excluding steroid dienone is 1. The number of carbonyl (C=O) groups is 1. The molecule has 0 aromatic heterocycles. The maximum absolute atomic E-state index is 12.1. The first kappa shape index (κ1) is 13.4. The summed E-state index contributed by atoms with van der Waals surface area (Å²) in [6.07, 6.45) is 1.67. The van der Waals surface area contributed by atoms with E-state index in [9.17, 15) is 4.79 Å². The quantitative estimate of drug-likeness (QED) is 0.706. The molecule has 1 aromatic rings. The number of halogens is 1. The van der Waals surface area contributed by atoms with Gasteiger partial charge in [0.1, 0.15) is 0 Å². The fourth-order valence-electron chi connectivity index (χ4n) is 2.17. The van der Waals surface area contributed by atoms with E-state index in [-0.39, 0.29) is 12.1 Å². The first-order valence-electron chi connectivity index (χ1n) is 5.93. The topological polar surface area (TPSA) is 29.5 Å². The molecular formula is C14H16INO2. The minimum atomic E-state index is -0.299. The van der Waals surface area contributed by atoms with Gasteiger partial charge in [-0.3, -0.25) is 4.90 Å². The third-order valence-electron chi connectivity index (χ3n) is 2.90. The Balaban J connectivity index is 2.65. The molecule has 0 atom stereocenters. The molecule has 0 spiro atoms. The van der Waals surface area contributed by atoms with Crippen LogP contribution in [0.4, 0.5) is 4.79 Å². The van der Waals surface area contributed by atoms with Crippen LogP contribution in [0, 0.1) is 10.5 Å². The molecule has 1 aliphatic rings. The number of fused-ring (bicyclic) bond motifs is 1. The van der Waals surface area contributed by atoms with Crippen LogP contribution in [0.5, 0.6) is 5.75 Å². The van der Waals surface area contributed by atoms with Gasteiger partial charge in [0.2, 0.25) is 0 Å². The molecule has 3 nitrogen and oxygen atoms in total. The lowest BCUT2D eigenvalue weighted by molar-refractivity contribution is 0.159.